The van der Waals surface area contributed by atoms with Crippen molar-refractivity contribution in [1.82, 2.24) is 5.32 Å². The number of carbonyl (C=O) groups is 2. The second kappa shape index (κ2) is 8.19. The molecule has 0 atom stereocenters. The van der Waals surface area contributed by atoms with Crippen LogP contribution in [0.1, 0.15) is 26.7 Å². The van der Waals surface area contributed by atoms with Gasteiger partial charge in [-0.15, -0.1) is 0 Å². The summed E-state index contributed by atoms with van der Waals surface area (Å²) in [5, 5.41) is 5.37. The molecule has 0 aliphatic rings. The summed E-state index contributed by atoms with van der Waals surface area (Å²) in [5.41, 5.74) is 0.674. The molecule has 5 heteroatoms. The first-order chi connectivity index (χ1) is 9.60. The van der Waals surface area contributed by atoms with Crippen LogP contribution < -0.4 is 15.4 Å². The maximum absolute atomic E-state index is 11.7. The first kappa shape index (κ1) is 16.0. The van der Waals surface area contributed by atoms with Gasteiger partial charge < -0.3 is 15.4 Å². The molecule has 0 fully saturated rings. The van der Waals surface area contributed by atoms with Crippen molar-refractivity contribution in [3.8, 4) is 5.75 Å². The SMILES string of the molecule is CCC(CC)C(=O)NCC(=O)Nc1ccc(OC)cc1. The van der Waals surface area contributed by atoms with Gasteiger partial charge >= 0.3 is 0 Å². The fourth-order valence-electron chi connectivity index (χ4n) is 1.85. The number of benzene rings is 1. The van der Waals surface area contributed by atoms with E-state index in [9.17, 15) is 9.59 Å². The third kappa shape index (κ3) is 4.91. The second-order valence-electron chi connectivity index (χ2n) is 4.51. The molecule has 0 aromatic heterocycles. The molecule has 0 aliphatic carbocycles. The highest BCUT2D eigenvalue weighted by atomic mass is 16.5. The Bertz CT molecular complexity index is 439. The number of carbonyl (C=O) groups excluding carboxylic acids is 2. The van der Waals surface area contributed by atoms with Crippen LogP contribution in [-0.4, -0.2) is 25.5 Å². The highest BCUT2D eigenvalue weighted by Crippen LogP contribution is 2.14. The van der Waals surface area contributed by atoms with Crippen LogP contribution in [0.25, 0.3) is 0 Å². The van der Waals surface area contributed by atoms with Gasteiger partial charge in [-0.05, 0) is 37.1 Å². The van der Waals surface area contributed by atoms with Crippen LogP contribution in [0.2, 0.25) is 0 Å². The topological polar surface area (TPSA) is 67.4 Å². The number of methoxy groups -OCH3 is 1. The monoisotopic (exact) mass is 278 g/mol. The van der Waals surface area contributed by atoms with E-state index in [1.165, 1.54) is 0 Å². The molecule has 2 amide bonds. The summed E-state index contributed by atoms with van der Waals surface area (Å²) in [7, 11) is 1.58. The summed E-state index contributed by atoms with van der Waals surface area (Å²) in [6, 6.07) is 7.02. The van der Waals surface area contributed by atoms with E-state index in [2.05, 4.69) is 10.6 Å². The van der Waals surface area contributed by atoms with Crippen LogP contribution in [0, 0.1) is 5.92 Å². The molecule has 5 nitrogen and oxygen atoms in total. The van der Waals surface area contributed by atoms with Gasteiger partial charge in [0.1, 0.15) is 5.75 Å². The molecule has 0 saturated heterocycles. The van der Waals surface area contributed by atoms with Crippen LogP contribution in [0.4, 0.5) is 5.69 Å². The number of amides is 2. The Hall–Kier alpha value is -2.04. The third-order valence-electron chi connectivity index (χ3n) is 3.15. The summed E-state index contributed by atoms with van der Waals surface area (Å²) < 4.78 is 5.03. The van der Waals surface area contributed by atoms with Gasteiger partial charge in [0.2, 0.25) is 11.8 Å². The Labute approximate surface area is 119 Å². The number of hydrogen-bond acceptors (Lipinski definition) is 3. The van der Waals surface area contributed by atoms with Gasteiger partial charge in [-0.1, -0.05) is 13.8 Å². The zero-order chi connectivity index (χ0) is 15.0. The largest absolute Gasteiger partial charge is 0.497 e. The zero-order valence-corrected chi connectivity index (χ0v) is 12.2. The van der Waals surface area contributed by atoms with Crippen molar-refractivity contribution >= 4 is 17.5 Å². The van der Waals surface area contributed by atoms with Crippen molar-refractivity contribution in [2.24, 2.45) is 5.92 Å². The Morgan fingerprint density at radius 2 is 1.75 bits per heavy atom. The average molecular weight is 278 g/mol. The lowest BCUT2D eigenvalue weighted by atomic mass is 10.0. The summed E-state index contributed by atoms with van der Waals surface area (Å²) in [6.45, 7) is 3.91. The molecule has 1 aromatic carbocycles. The van der Waals surface area contributed by atoms with Crippen molar-refractivity contribution in [2.45, 2.75) is 26.7 Å². The highest BCUT2D eigenvalue weighted by Gasteiger charge is 2.14. The first-order valence-electron chi connectivity index (χ1n) is 6.82. The zero-order valence-electron chi connectivity index (χ0n) is 12.2. The van der Waals surface area contributed by atoms with Gasteiger partial charge in [-0.25, -0.2) is 0 Å². The van der Waals surface area contributed by atoms with Crippen LogP contribution in [0.5, 0.6) is 5.75 Å². The number of nitrogens with one attached hydrogen (secondary N) is 2. The maximum Gasteiger partial charge on any atom is 0.243 e. The molecule has 0 saturated carbocycles. The number of rotatable bonds is 7. The van der Waals surface area contributed by atoms with Gasteiger partial charge in [0.25, 0.3) is 0 Å². The minimum absolute atomic E-state index is 0.0125. The van der Waals surface area contributed by atoms with E-state index in [1.54, 1.807) is 31.4 Å². The van der Waals surface area contributed by atoms with Crippen LogP contribution >= 0.6 is 0 Å². The van der Waals surface area contributed by atoms with E-state index in [0.717, 1.165) is 18.6 Å². The molecule has 110 valence electrons. The molecule has 1 aromatic rings. The quantitative estimate of drug-likeness (QED) is 0.803. The lowest BCUT2D eigenvalue weighted by molar-refractivity contribution is -0.127. The van der Waals surface area contributed by atoms with E-state index in [0.29, 0.717) is 5.69 Å². The summed E-state index contributed by atoms with van der Waals surface area (Å²) in [6.07, 6.45) is 1.56. The van der Waals surface area contributed by atoms with Gasteiger partial charge in [-0.3, -0.25) is 9.59 Å². The molecule has 0 bridgehead atoms. The molecule has 0 unspecified atom stereocenters. The molecule has 0 radical (unpaired) electrons. The summed E-state index contributed by atoms with van der Waals surface area (Å²) in [4.78, 5) is 23.5. The van der Waals surface area contributed by atoms with Crippen molar-refractivity contribution in [2.75, 3.05) is 19.0 Å². The first-order valence-corrected chi connectivity index (χ1v) is 6.82. The van der Waals surface area contributed by atoms with Gasteiger partial charge in [-0.2, -0.15) is 0 Å². The van der Waals surface area contributed by atoms with Crippen molar-refractivity contribution < 1.29 is 14.3 Å². The van der Waals surface area contributed by atoms with Crippen molar-refractivity contribution in [3.63, 3.8) is 0 Å². The van der Waals surface area contributed by atoms with Gasteiger partial charge in [0, 0.05) is 11.6 Å². The van der Waals surface area contributed by atoms with Gasteiger partial charge in [0.05, 0.1) is 13.7 Å². The molecular formula is C15H22N2O3. The Morgan fingerprint density at radius 3 is 2.25 bits per heavy atom. The highest BCUT2D eigenvalue weighted by molar-refractivity contribution is 5.94. The lowest BCUT2D eigenvalue weighted by Crippen LogP contribution is -2.36. The molecular weight excluding hydrogens is 256 g/mol. The van der Waals surface area contributed by atoms with Crippen LogP contribution in [0.3, 0.4) is 0 Å². The number of hydrogen-bond donors (Lipinski definition) is 2. The molecule has 2 N–H and O–H groups in total. The molecule has 1 rings (SSSR count). The fraction of sp³-hybridized carbons (Fsp3) is 0.467. The molecule has 0 aliphatic heterocycles. The van der Waals surface area contributed by atoms with Crippen molar-refractivity contribution in [1.29, 1.82) is 0 Å². The average Bonchev–Trinajstić information content (AvgIpc) is 2.47. The minimum atomic E-state index is -0.241. The predicted octanol–water partition coefficient (Wildman–Crippen LogP) is 2.19. The van der Waals surface area contributed by atoms with Crippen molar-refractivity contribution in [3.05, 3.63) is 24.3 Å². The maximum atomic E-state index is 11.7. The molecule has 0 spiro atoms. The smallest absolute Gasteiger partial charge is 0.243 e. The lowest BCUT2D eigenvalue weighted by Gasteiger charge is -2.12. The standard InChI is InChI=1S/C15H22N2O3/c1-4-11(5-2)15(19)16-10-14(18)17-12-6-8-13(20-3)9-7-12/h6-9,11H,4-5,10H2,1-3H3,(H,16,19)(H,17,18). The Kier molecular flexibility index (Phi) is 6.56. The van der Waals surface area contributed by atoms with E-state index < -0.39 is 0 Å². The Balaban J connectivity index is 2.41. The number of ether oxygens (including phenoxy) is 1. The minimum Gasteiger partial charge on any atom is -0.497 e. The normalized spacial score (nSPS) is 10.2. The van der Waals surface area contributed by atoms with E-state index in [-0.39, 0.29) is 24.3 Å². The second-order valence-corrected chi connectivity index (χ2v) is 4.51. The van der Waals surface area contributed by atoms with E-state index in [4.69, 9.17) is 4.74 Å². The summed E-state index contributed by atoms with van der Waals surface area (Å²) in [5.74, 6) is 0.392. The predicted molar refractivity (Wildman–Crippen MR) is 78.7 cm³/mol. The fourth-order valence-corrected chi connectivity index (χ4v) is 1.85. The van der Waals surface area contributed by atoms with Gasteiger partial charge in [0.15, 0.2) is 0 Å². The third-order valence-corrected chi connectivity index (χ3v) is 3.15. The molecule has 20 heavy (non-hydrogen) atoms. The Morgan fingerprint density at radius 1 is 1.15 bits per heavy atom. The van der Waals surface area contributed by atoms with Crippen LogP contribution in [0.15, 0.2) is 24.3 Å². The number of anilines is 1. The summed E-state index contributed by atoms with van der Waals surface area (Å²) >= 11 is 0. The molecule has 0 heterocycles. The van der Waals surface area contributed by atoms with E-state index in [1.807, 2.05) is 13.8 Å². The van der Waals surface area contributed by atoms with Crippen LogP contribution in [-0.2, 0) is 9.59 Å². The van der Waals surface area contributed by atoms with E-state index >= 15 is 0 Å².